The summed E-state index contributed by atoms with van der Waals surface area (Å²) in [4.78, 5) is 13.7. The molecule has 1 amide bonds. The van der Waals surface area contributed by atoms with Crippen molar-refractivity contribution in [3.05, 3.63) is 65.2 Å². The second-order valence-corrected chi connectivity index (χ2v) is 8.36. The number of aliphatic hydroxyl groups excluding tert-OH is 2. The van der Waals surface area contributed by atoms with Crippen molar-refractivity contribution in [1.82, 2.24) is 4.90 Å². The van der Waals surface area contributed by atoms with Crippen LogP contribution >= 0.6 is 0 Å². The molecule has 7 nitrogen and oxygen atoms in total. The number of β-amino-alcohol motifs (C(OH)–C–C–N with tert-alkyl or cyclic N) is 1. The van der Waals surface area contributed by atoms with E-state index in [1.807, 2.05) is 48.5 Å². The number of hydrogen-bond acceptors (Lipinski definition) is 6. The second kappa shape index (κ2) is 9.89. The lowest BCUT2D eigenvalue weighted by Crippen LogP contribution is -2.38. The first-order valence-electron chi connectivity index (χ1n) is 10.8. The van der Waals surface area contributed by atoms with Crippen LogP contribution in [0, 0.1) is 0 Å². The Morgan fingerprint density at radius 3 is 2.65 bits per heavy atom. The van der Waals surface area contributed by atoms with E-state index in [0.29, 0.717) is 18.7 Å². The zero-order valence-electron chi connectivity index (χ0n) is 17.7. The third-order valence-electron chi connectivity index (χ3n) is 5.80. The lowest BCUT2D eigenvalue weighted by atomic mass is 9.99. The molecule has 0 spiro atoms. The van der Waals surface area contributed by atoms with Crippen molar-refractivity contribution in [3.63, 3.8) is 0 Å². The van der Waals surface area contributed by atoms with Crippen LogP contribution in [0.15, 0.2) is 48.5 Å². The molecule has 2 aliphatic rings. The zero-order chi connectivity index (χ0) is 21.8. The maximum absolute atomic E-state index is 11.4. The Labute approximate surface area is 182 Å². The van der Waals surface area contributed by atoms with Gasteiger partial charge in [0.1, 0.15) is 0 Å². The van der Waals surface area contributed by atoms with Crippen LogP contribution in [0.25, 0.3) is 0 Å². The molecule has 2 aromatic rings. The molecule has 0 unspecified atom stereocenters. The molecule has 4 atom stereocenters. The van der Waals surface area contributed by atoms with Crippen LogP contribution in [0.5, 0.6) is 0 Å². The number of likely N-dealkylation sites (tertiary alicyclic amines) is 1. The minimum absolute atomic E-state index is 0.00733. The summed E-state index contributed by atoms with van der Waals surface area (Å²) in [5.74, 6) is -0.130. The topological polar surface area (TPSA) is 91.3 Å². The number of rotatable bonds is 6. The predicted molar refractivity (Wildman–Crippen MR) is 116 cm³/mol. The van der Waals surface area contributed by atoms with Gasteiger partial charge in [-0.25, -0.2) is 0 Å². The number of hydrogen-bond donors (Lipinski definition) is 3. The van der Waals surface area contributed by atoms with E-state index < -0.39 is 6.29 Å². The minimum atomic E-state index is -0.567. The molecule has 2 aliphatic heterocycles. The molecule has 0 aliphatic carbocycles. The molecule has 4 rings (SSSR count). The highest BCUT2D eigenvalue weighted by atomic mass is 16.7. The fourth-order valence-corrected chi connectivity index (χ4v) is 4.27. The smallest absolute Gasteiger partial charge is 0.221 e. The SMILES string of the molecule is CC(=O)Nc1cccc([C@@H]2O[C@H](CN3CC[C@H](O)C3)C[C@H](c3ccc(CO)cc3)O2)c1. The van der Waals surface area contributed by atoms with Gasteiger partial charge in [-0.3, -0.25) is 9.69 Å². The molecule has 0 radical (unpaired) electrons. The fraction of sp³-hybridized carbons (Fsp3) is 0.458. The lowest BCUT2D eigenvalue weighted by molar-refractivity contribution is -0.252. The van der Waals surface area contributed by atoms with Crippen molar-refractivity contribution >= 4 is 11.6 Å². The van der Waals surface area contributed by atoms with Gasteiger partial charge in [-0.15, -0.1) is 0 Å². The summed E-state index contributed by atoms with van der Waals surface area (Å²) in [5, 5.41) is 22.0. The van der Waals surface area contributed by atoms with Crippen LogP contribution in [-0.2, 0) is 20.9 Å². The summed E-state index contributed by atoms with van der Waals surface area (Å²) in [6, 6.07) is 15.3. The number of nitrogens with one attached hydrogen (secondary N) is 1. The van der Waals surface area contributed by atoms with E-state index in [2.05, 4.69) is 10.2 Å². The van der Waals surface area contributed by atoms with Gasteiger partial charge in [0.05, 0.1) is 24.9 Å². The zero-order valence-corrected chi connectivity index (χ0v) is 17.7. The number of nitrogens with zero attached hydrogens (tertiary/aromatic N) is 1. The molecular weight excluding hydrogens is 396 g/mol. The molecule has 2 fully saturated rings. The molecule has 0 aromatic heterocycles. The van der Waals surface area contributed by atoms with E-state index in [-0.39, 0.29) is 30.8 Å². The van der Waals surface area contributed by atoms with Crippen molar-refractivity contribution in [2.24, 2.45) is 0 Å². The molecule has 0 saturated carbocycles. The van der Waals surface area contributed by atoms with Crippen molar-refractivity contribution in [1.29, 1.82) is 0 Å². The van der Waals surface area contributed by atoms with Gasteiger partial charge in [-0.2, -0.15) is 0 Å². The van der Waals surface area contributed by atoms with Crippen LogP contribution in [-0.4, -0.2) is 52.9 Å². The summed E-state index contributed by atoms with van der Waals surface area (Å²) in [6.07, 6.45) is 0.434. The first kappa shape index (κ1) is 21.9. The maximum atomic E-state index is 11.4. The van der Waals surface area contributed by atoms with E-state index in [4.69, 9.17) is 9.47 Å². The Morgan fingerprint density at radius 2 is 1.97 bits per heavy atom. The van der Waals surface area contributed by atoms with E-state index >= 15 is 0 Å². The molecule has 166 valence electrons. The summed E-state index contributed by atoms with van der Waals surface area (Å²) >= 11 is 0. The molecule has 7 heteroatoms. The number of benzene rings is 2. The third-order valence-corrected chi connectivity index (χ3v) is 5.80. The number of aliphatic hydroxyl groups is 2. The fourth-order valence-electron chi connectivity index (χ4n) is 4.27. The Bertz CT molecular complexity index is 888. The Balaban J connectivity index is 1.55. The van der Waals surface area contributed by atoms with Gasteiger partial charge in [0.15, 0.2) is 6.29 Å². The van der Waals surface area contributed by atoms with Crippen LogP contribution < -0.4 is 5.32 Å². The highest BCUT2D eigenvalue weighted by Gasteiger charge is 2.34. The summed E-state index contributed by atoms with van der Waals surface area (Å²) in [5.41, 5.74) is 3.44. The molecule has 0 bridgehead atoms. The van der Waals surface area contributed by atoms with Crippen molar-refractivity contribution in [3.8, 4) is 0 Å². The van der Waals surface area contributed by atoms with Crippen LogP contribution in [0.1, 0.15) is 48.8 Å². The van der Waals surface area contributed by atoms with E-state index in [1.54, 1.807) is 0 Å². The molecule has 31 heavy (non-hydrogen) atoms. The highest BCUT2D eigenvalue weighted by molar-refractivity contribution is 5.88. The van der Waals surface area contributed by atoms with E-state index in [9.17, 15) is 15.0 Å². The molecular formula is C24H30N2O5. The number of carbonyl (C=O) groups is 1. The largest absolute Gasteiger partial charge is 0.392 e. The Hall–Kier alpha value is -2.29. The number of carbonyl (C=O) groups excluding carboxylic acids is 1. The highest BCUT2D eigenvalue weighted by Crippen LogP contribution is 2.38. The Morgan fingerprint density at radius 1 is 1.16 bits per heavy atom. The number of amides is 1. The summed E-state index contributed by atoms with van der Waals surface area (Å²) in [6.45, 7) is 3.74. The maximum Gasteiger partial charge on any atom is 0.221 e. The molecule has 2 heterocycles. The van der Waals surface area contributed by atoms with Gasteiger partial charge >= 0.3 is 0 Å². The standard InChI is InChI=1S/C24H30N2O5/c1-16(28)25-20-4-2-3-19(11-20)24-30-22(14-26-10-9-21(29)13-26)12-23(31-24)18-7-5-17(15-27)6-8-18/h2-8,11,21-24,27,29H,9-10,12-15H2,1H3,(H,25,28)/t21-,22-,23+,24+/m0/s1. The molecule has 2 saturated heterocycles. The minimum Gasteiger partial charge on any atom is -0.392 e. The van der Waals surface area contributed by atoms with E-state index in [1.165, 1.54) is 6.92 Å². The quantitative estimate of drug-likeness (QED) is 0.658. The summed E-state index contributed by atoms with van der Waals surface area (Å²) in [7, 11) is 0. The van der Waals surface area contributed by atoms with Crippen molar-refractivity contribution in [2.45, 2.75) is 51.0 Å². The third kappa shape index (κ3) is 5.70. The van der Waals surface area contributed by atoms with Gasteiger partial charge in [0.2, 0.25) is 5.91 Å². The molecule has 3 N–H and O–H groups in total. The normalized spacial score (nSPS) is 26.7. The van der Waals surface area contributed by atoms with Gasteiger partial charge in [0.25, 0.3) is 0 Å². The molecule has 2 aromatic carbocycles. The van der Waals surface area contributed by atoms with Gasteiger partial charge < -0.3 is 25.0 Å². The van der Waals surface area contributed by atoms with Gasteiger partial charge in [-0.05, 0) is 29.7 Å². The number of ether oxygens (including phenoxy) is 2. The Kier molecular flexibility index (Phi) is 6.99. The second-order valence-electron chi connectivity index (χ2n) is 8.36. The average molecular weight is 427 g/mol. The van der Waals surface area contributed by atoms with Gasteiger partial charge in [0, 0.05) is 44.2 Å². The average Bonchev–Trinajstić information content (AvgIpc) is 3.17. The van der Waals surface area contributed by atoms with Crippen molar-refractivity contribution in [2.75, 3.05) is 25.0 Å². The van der Waals surface area contributed by atoms with E-state index in [0.717, 1.165) is 36.2 Å². The monoisotopic (exact) mass is 426 g/mol. The van der Waals surface area contributed by atoms with Gasteiger partial charge in [-0.1, -0.05) is 36.4 Å². The first-order valence-corrected chi connectivity index (χ1v) is 10.8. The van der Waals surface area contributed by atoms with Crippen LogP contribution in [0.4, 0.5) is 5.69 Å². The van der Waals surface area contributed by atoms with Crippen LogP contribution in [0.3, 0.4) is 0 Å². The predicted octanol–water partition coefficient (Wildman–Crippen LogP) is 2.75. The first-order chi connectivity index (χ1) is 15.0. The summed E-state index contributed by atoms with van der Waals surface area (Å²) < 4.78 is 12.7. The lowest BCUT2D eigenvalue weighted by Gasteiger charge is -2.38. The van der Waals surface area contributed by atoms with Crippen molar-refractivity contribution < 1.29 is 24.5 Å². The van der Waals surface area contributed by atoms with Crippen LogP contribution in [0.2, 0.25) is 0 Å². The number of anilines is 1.